The molecule has 0 unspecified atom stereocenters. The first-order chi connectivity index (χ1) is 27.0. The van der Waals surface area contributed by atoms with Gasteiger partial charge in [-0.2, -0.15) is 84.3 Å². The van der Waals surface area contributed by atoms with E-state index in [1.807, 2.05) is 0 Å². The smallest absolute Gasteiger partial charge is 0.192 e. The van der Waals surface area contributed by atoms with Crippen molar-refractivity contribution >= 4 is 22.3 Å². The van der Waals surface area contributed by atoms with Gasteiger partial charge >= 0.3 is 24.7 Å². The van der Waals surface area contributed by atoms with Gasteiger partial charge in [0.15, 0.2) is 0 Å². The zero-order chi connectivity index (χ0) is 42.9. The van der Waals surface area contributed by atoms with Gasteiger partial charge in [-0.1, -0.05) is 24.3 Å². The maximum atomic E-state index is 14.1. The van der Waals surface area contributed by atoms with Gasteiger partial charge in [-0.05, 0) is 80.9 Å². The normalized spacial score (nSPS) is 13.3. The average molecular weight is 803 g/mol. The second-order valence-corrected chi connectivity index (χ2v) is 12.3. The molecule has 6 rings (SSSR count). The van der Waals surface area contributed by atoms with Crippen LogP contribution in [0.5, 0.6) is 0 Å². The molecule has 0 atom stereocenters. The van der Waals surface area contributed by atoms with Crippen molar-refractivity contribution in [3.8, 4) is 58.7 Å². The van der Waals surface area contributed by atoms with E-state index < -0.39 is 80.4 Å². The third kappa shape index (κ3) is 6.33. The lowest BCUT2D eigenvalue weighted by Gasteiger charge is -2.18. The van der Waals surface area contributed by atoms with Gasteiger partial charge in [0.05, 0.1) is 33.4 Å². The summed E-state index contributed by atoms with van der Waals surface area (Å²) in [4.78, 5) is 0. The first kappa shape index (κ1) is 39.9. The average Bonchev–Trinajstić information content (AvgIpc) is 3.65. The predicted molar refractivity (Wildman–Crippen MR) is 176 cm³/mol. The summed E-state index contributed by atoms with van der Waals surface area (Å²) in [6, 6.07) is 15.9. The van der Waals surface area contributed by atoms with Crippen molar-refractivity contribution in [3.05, 3.63) is 127 Å². The highest BCUT2D eigenvalue weighted by molar-refractivity contribution is 6.38. The van der Waals surface area contributed by atoms with E-state index >= 15 is 0 Å². The second-order valence-electron chi connectivity index (χ2n) is 12.3. The number of hydrogen-bond donors (Lipinski definition) is 0. The third-order valence-corrected chi connectivity index (χ3v) is 9.20. The molecule has 0 saturated carbocycles. The van der Waals surface area contributed by atoms with Gasteiger partial charge in [-0.25, -0.2) is 0 Å². The van der Waals surface area contributed by atoms with Crippen LogP contribution in [0.3, 0.4) is 0 Å². The third-order valence-electron chi connectivity index (χ3n) is 9.20. The molecular weight excluding hydrogens is 792 g/mol. The summed E-state index contributed by atoms with van der Waals surface area (Å²) < 4.78 is 169. The molecule has 284 valence electrons. The minimum atomic E-state index is -5.45. The van der Waals surface area contributed by atoms with Crippen LogP contribution in [0.1, 0.15) is 55.6 Å². The van der Waals surface area contributed by atoms with Crippen LogP contribution >= 0.6 is 0 Å². The molecule has 0 radical (unpaired) electrons. The van der Waals surface area contributed by atoms with Gasteiger partial charge in [-0.15, -0.1) is 0 Å². The van der Waals surface area contributed by atoms with E-state index in [9.17, 15) is 84.3 Å². The van der Waals surface area contributed by atoms with Crippen LogP contribution in [0.4, 0.5) is 52.7 Å². The van der Waals surface area contributed by atoms with Crippen LogP contribution < -0.4 is 0 Å². The molecule has 0 amide bonds. The summed E-state index contributed by atoms with van der Waals surface area (Å²) in [6.45, 7) is 0. The molecule has 0 fully saturated rings. The van der Waals surface area contributed by atoms with Crippen LogP contribution in [0.25, 0.3) is 44.5 Å². The van der Waals surface area contributed by atoms with Crippen LogP contribution in [-0.2, 0) is 24.7 Å². The Balaban J connectivity index is 1.72. The van der Waals surface area contributed by atoms with Crippen molar-refractivity contribution in [3.63, 3.8) is 0 Å². The van der Waals surface area contributed by atoms with Gasteiger partial charge in [0.1, 0.15) is 47.6 Å². The molecule has 0 saturated heterocycles. The molecule has 58 heavy (non-hydrogen) atoms. The van der Waals surface area contributed by atoms with Crippen LogP contribution in [0.2, 0.25) is 0 Å². The minimum absolute atomic E-state index is 0.0755. The summed E-state index contributed by atoms with van der Waals surface area (Å²) >= 11 is 0. The highest BCUT2D eigenvalue weighted by atomic mass is 19.4. The number of fused-ring (bicyclic) bond motifs is 4. The zero-order valence-corrected chi connectivity index (χ0v) is 28.0. The van der Waals surface area contributed by atoms with Crippen molar-refractivity contribution < 1.29 is 52.7 Å². The van der Waals surface area contributed by atoms with Crippen LogP contribution in [0, 0.1) is 68.0 Å². The molecule has 0 heterocycles. The van der Waals surface area contributed by atoms with Crippen molar-refractivity contribution in [2.75, 3.05) is 0 Å². The highest BCUT2D eigenvalue weighted by Crippen LogP contribution is 2.60. The molecule has 4 aromatic carbocycles. The van der Waals surface area contributed by atoms with Crippen molar-refractivity contribution in [1.82, 2.24) is 0 Å². The number of rotatable bonds is 2. The number of halogens is 12. The zero-order valence-electron chi connectivity index (χ0n) is 28.0. The highest BCUT2D eigenvalue weighted by Gasteiger charge is 2.45. The van der Waals surface area contributed by atoms with E-state index in [0.717, 1.165) is 48.5 Å². The molecule has 0 aliphatic heterocycles. The van der Waals surface area contributed by atoms with Gasteiger partial charge in [0, 0.05) is 22.3 Å². The molecule has 6 nitrogen and oxygen atoms in total. The summed E-state index contributed by atoms with van der Waals surface area (Å²) in [5, 5.41) is 58.5. The fourth-order valence-corrected chi connectivity index (χ4v) is 6.90. The molecule has 2 aliphatic rings. The number of alkyl halides is 12. The Hall–Kier alpha value is -7.80. The SMILES string of the molecule is N#CC(C#N)=C1C2=C(C(=C(C#N)C#N)c3ccc(-c4cc(C(F)(F)F)c(C#N)c(C(F)(F)F)c4)cc32)c2cc(-c3cc(C(F)(F)F)c(C#N)c(C(F)(F)F)c3)ccc21. The molecule has 18 heteroatoms. The summed E-state index contributed by atoms with van der Waals surface area (Å²) in [5.41, 5.74) is -15.9. The Morgan fingerprint density at radius 3 is 0.862 bits per heavy atom. The van der Waals surface area contributed by atoms with Crippen molar-refractivity contribution in [1.29, 1.82) is 31.6 Å². The van der Waals surface area contributed by atoms with Gasteiger partial charge in [0.2, 0.25) is 0 Å². The van der Waals surface area contributed by atoms with Gasteiger partial charge in [-0.3, -0.25) is 0 Å². The largest absolute Gasteiger partial charge is 0.417 e. The molecule has 0 bridgehead atoms. The van der Waals surface area contributed by atoms with E-state index in [2.05, 4.69) is 0 Å². The standard InChI is InChI=1S/C40H10F12N6/c41-37(42,43)29-7-19(8-30(27(29)15-57)38(44,45)46)17-1-3-23-25(5-17)35-34(22(13-55)14-56)24-4-2-18(6-26(24)36(35)33(23)21(11-53)12-54)20-9-31(39(47,48)49)28(16-58)32(10-20)40(50,51)52/h1-10H. The Morgan fingerprint density at radius 2 is 0.638 bits per heavy atom. The van der Waals surface area contributed by atoms with E-state index in [1.165, 1.54) is 0 Å². The van der Waals surface area contributed by atoms with E-state index in [4.69, 9.17) is 0 Å². The Morgan fingerprint density at radius 1 is 0.362 bits per heavy atom. The lowest BCUT2D eigenvalue weighted by molar-refractivity contribution is -0.145. The molecule has 0 spiro atoms. The monoisotopic (exact) mass is 802 g/mol. The number of hydrogen-bond acceptors (Lipinski definition) is 6. The number of nitrogens with zero attached hydrogens (tertiary/aromatic N) is 6. The minimum Gasteiger partial charge on any atom is -0.192 e. The second kappa shape index (κ2) is 13.4. The van der Waals surface area contributed by atoms with E-state index in [-0.39, 0.29) is 79.9 Å². The topological polar surface area (TPSA) is 143 Å². The van der Waals surface area contributed by atoms with Crippen LogP contribution in [-0.4, -0.2) is 0 Å². The lowest BCUT2D eigenvalue weighted by atomic mass is 9.86. The molecule has 4 aromatic rings. The van der Waals surface area contributed by atoms with Crippen molar-refractivity contribution in [2.24, 2.45) is 0 Å². The summed E-state index contributed by atoms with van der Waals surface area (Å²) in [5.74, 6) is 0. The van der Waals surface area contributed by atoms with E-state index in [0.29, 0.717) is 0 Å². The maximum absolute atomic E-state index is 14.1. The first-order valence-electron chi connectivity index (χ1n) is 15.6. The van der Waals surface area contributed by atoms with Gasteiger partial charge < -0.3 is 0 Å². The number of benzene rings is 4. The maximum Gasteiger partial charge on any atom is 0.417 e. The van der Waals surface area contributed by atoms with Crippen LogP contribution in [0.15, 0.2) is 71.8 Å². The predicted octanol–water partition coefficient (Wildman–Crippen LogP) is 11.4. The Bertz CT molecular complexity index is 2600. The number of allylic oxidation sites excluding steroid dienone is 6. The molecule has 0 aromatic heterocycles. The fraction of sp³-hybridized carbons (Fsp3) is 0.100. The van der Waals surface area contributed by atoms with Crippen molar-refractivity contribution in [2.45, 2.75) is 24.7 Å². The first-order valence-corrected chi connectivity index (χ1v) is 15.6. The van der Waals surface area contributed by atoms with Gasteiger partial charge in [0.25, 0.3) is 0 Å². The Kier molecular flexibility index (Phi) is 9.25. The van der Waals surface area contributed by atoms with E-state index in [1.54, 1.807) is 24.3 Å². The molecule has 2 aliphatic carbocycles. The number of nitriles is 6. The molecule has 0 N–H and O–H groups in total. The summed E-state index contributed by atoms with van der Waals surface area (Å²) in [6.07, 6.45) is -21.8. The molecular formula is C40H10F12N6. The lowest BCUT2D eigenvalue weighted by Crippen LogP contribution is -2.15. The fourth-order valence-electron chi connectivity index (χ4n) is 6.90. The summed E-state index contributed by atoms with van der Waals surface area (Å²) in [7, 11) is 0. The quantitative estimate of drug-likeness (QED) is 0.146. The Labute approximate surface area is 317 Å².